The largest absolute Gasteiger partial charge is 0.496 e. The molecule has 4 N–H and O–H groups in total. The molecule has 0 bridgehead atoms. The first-order chi connectivity index (χ1) is 14.1. The van der Waals surface area contributed by atoms with Crippen LogP contribution in [0.15, 0.2) is 53.6 Å². The molecule has 1 unspecified atom stereocenters. The van der Waals surface area contributed by atoms with E-state index in [-0.39, 0.29) is 11.3 Å². The predicted molar refractivity (Wildman–Crippen MR) is 117 cm³/mol. The van der Waals surface area contributed by atoms with Crippen molar-refractivity contribution in [3.8, 4) is 5.75 Å². The van der Waals surface area contributed by atoms with Crippen molar-refractivity contribution in [1.82, 2.24) is 10.6 Å². The van der Waals surface area contributed by atoms with Gasteiger partial charge < -0.3 is 21.1 Å². The van der Waals surface area contributed by atoms with Gasteiger partial charge in [0.2, 0.25) is 0 Å². The van der Waals surface area contributed by atoms with Gasteiger partial charge in [0.25, 0.3) is 5.91 Å². The zero-order chi connectivity index (χ0) is 20.7. The standard InChI is InChI=1S/C23H32N4O2/c1-25-22(24)27-18-12-14-23(15-13-18,17-8-4-3-5-9-17)16-26-21(28)19-10-6-7-11-20(19)29-2/h3-8,10-11,17-18H,9,12-16H2,1-2H3,(H,26,28)(H3,24,25,27). The van der Waals surface area contributed by atoms with Crippen LogP contribution >= 0.6 is 0 Å². The fraction of sp³-hybridized carbons (Fsp3) is 0.478. The molecule has 156 valence electrons. The lowest BCUT2D eigenvalue weighted by Crippen LogP contribution is -2.49. The molecule has 2 aliphatic carbocycles. The zero-order valence-corrected chi connectivity index (χ0v) is 17.4. The van der Waals surface area contributed by atoms with E-state index < -0.39 is 0 Å². The molecule has 0 saturated heterocycles. The number of amides is 1. The maximum Gasteiger partial charge on any atom is 0.255 e. The van der Waals surface area contributed by atoms with E-state index in [1.165, 1.54) is 0 Å². The summed E-state index contributed by atoms with van der Waals surface area (Å²) in [5.41, 5.74) is 6.47. The van der Waals surface area contributed by atoms with Crippen molar-refractivity contribution in [2.45, 2.75) is 38.1 Å². The second kappa shape index (κ2) is 9.63. The number of carbonyl (C=O) groups excluding carboxylic acids is 1. The summed E-state index contributed by atoms with van der Waals surface area (Å²) in [6, 6.07) is 7.68. The summed E-state index contributed by atoms with van der Waals surface area (Å²) in [4.78, 5) is 16.9. The number of nitrogens with two attached hydrogens (primary N) is 1. The van der Waals surface area contributed by atoms with Crippen LogP contribution in [-0.2, 0) is 0 Å². The van der Waals surface area contributed by atoms with Crippen LogP contribution in [-0.4, -0.2) is 38.6 Å². The van der Waals surface area contributed by atoms with E-state index in [9.17, 15) is 4.79 Å². The Labute approximate surface area is 173 Å². The monoisotopic (exact) mass is 396 g/mol. The highest BCUT2D eigenvalue weighted by atomic mass is 16.5. The van der Waals surface area contributed by atoms with Gasteiger partial charge in [-0.05, 0) is 55.6 Å². The lowest BCUT2D eigenvalue weighted by molar-refractivity contribution is 0.0821. The first-order valence-corrected chi connectivity index (χ1v) is 10.3. The summed E-state index contributed by atoms with van der Waals surface area (Å²) >= 11 is 0. The van der Waals surface area contributed by atoms with Gasteiger partial charge in [-0.25, -0.2) is 0 Å². The Hall–Kier alpha value is -2.76. The molecule has 0 heterocycles. The van der Waals surface area contributed by atoms with Gasteiger partial charge in [-0.2, -0.15) is 0 Å². The Morgan fingerprint density at radius 1 is 1.28 bits per heavy atom. The maximum absolute atomic E-state index is 12.9. The second-order valence-corrected chi connectivity index (χ2v) is 7.93. The van der Waals surface area contributed by atoms with E-state index in [1.807, 2.05) is 18.2 Å². The summed E-state index contributed by atoms with van der Waals surface area (Å²) in [7, 11) is 3.29. The third-order valence-electron chi connectivity index (χ3n) is 6.29. The molecule has 2 aliphatic rings. The number of hydrogen-bond donors (Lipinski definition) is 3. The van der Waals surface area contributed by atoms with Crippen LogP contribution in [0.5, 0.6) is 5.75 Å². The Balaban J connectivity index is 1.71. The molecule has 0 aromatic heterocycles. The van der Waals surface area contributed by atoms with Gasteiger partial charge in [0.15, 0.2) is 5.96 Å². The van der Waals surface area contributed by atoms with Crippen molar-refractivity contribution in [2.75, 3.05) is 20.7 Å². The highest BCUT2D eigenvalue weighted by Gasteiger charge is 2.41. The average molecular weight is 397 g/mol. The summed E-state index contributed by atoms with van der Waals surface area (Å²) in [5, 5.41) is 6.51. The lowest BCUT2D eigenvalue weighted by Gasteiger charge is -2.45. The topological polar surface area (TPSA) is 88.7 Å². The van der Waals surface area contributed by atoms with Crippen molar-refractivity contribution in [3.63, 3.8) is 0 Å². The number of nitrogens with one attached hydrogen (secondary N) is 2. The second-order valence-electron chi connectivity index (χ2n) is 7.93. The van der Waals surface area contributed by atoms with Crippen LogP contribution in [0.25, 0.3) is 0 Å². The van der Waals surface area contributed by atoms with Crippen molar-refractivity contribution >= 4 is 11.9 Å². The van der Waals surface area contributed by atoms with E-state index in [4.69, 9.17) is 10.5 Å². The number of para-hydroxylation sites is 1. The van der Waals surface area contributed by atoms with Crippen LogP contribution in [0.4, 0.5) is 0 Å². The first kappa shape index (κ1) is 21.0. The number of aliphatic imine (C=N–C) groups is 1. The van der Waals surface area contributed by atoms with Crippen molar-refractivity contribution in [2.24, 2.45) is 22.1 Å². The Morgan fingerprint density at radius 2 is 2.03 bits per heavy atom. The lowest BCUT2D eigenvalue weighted by atomic mass is 9.63. The van der Waals surface area contributed by atoms with Crippen LogP contribution in [0.2, 0.25) is 0 Å². The highest BCUT2D eigenvalue weighted by Crippen LogP contribution is 2.45. The maximum atomic E-state index is 12.9. The third-order valence-corrected chi connectivity index (χ3v) is 6.29. The van der Waals surface area contributed by atoms with E-state index in [0.29, 0.717) is 35.8 Å². The molecule has 0 spiro atoms. The summed E-state index contributed by atoms with van der Waals surface area (Å²) in [5.74, 6) is 1.43. The van der Waals surface area contributed by atoms with E-state index in [1.54, 1.807) is 20.2 Å². The van der Waals surface area contributed by atoms with Gasteiger partial charge in [-0.15, -0.1) is 0 Å². The molecular weight excluding hydrogens is 364 g/mol. The summed E-state index contributed by atoms with van der Waals surface area (Å²) < 4.78 is 5.35. The molecule has 1 aromatic carbocycles. The zero-order valence-electron chi connectivity index (χ0n) is 17.4. The fourth-order valence-electron chi connectivity index (χ4n) is 4.51. The number of methoxy groups -OCH3 is 1. The average Bonchev–Trinajstić information content (AvgIpc) is 2.79. The molecular formula is C23H32N4O2. The molecule has 0 radical (unpaired) electrons. The number of nitrogens with zero attached hydrogens (tertiary/aromatic N) is 1. The number of rotatable bonds is 6. The van der Waals surface area contributed by atoms with Gasteiger partial charge in [-0.1, -0.05) is 36.4 Å². The number of carbonyl (C=O) groups is 1. The highest BCUT2D eigenvalue weighted by molar-refractivity contribution is 5.96. The molecule has 3 rings (SSSR count). The number of ether oxygens (including phenoxy) is 1. The minimum atomic E-state index is -0.0836. The van der Waals surface area contributed by atoms with E-state index >= 15 is 0 Å². The van der Waals surface area contributed by atoms with Gasteiger partial charge >= 0.3 is 0 Å². The van der Waals surface area contributed by atoms with Crippen molar-refractivity contribution < 1.29 is 9.53 Å². The van der Waals surface area contributed by atoms with E-state index in [0.717, 1.165) is 32.1 Å². The number of hydrogen-bond acceptors (Lipinski definition) is 3. The summed E-state index contributed by atoms with van der Waals surface area (Å²) in [6.07, 6.45) is 13.8. The normalized spacial score (nSPS) is 26.8. The smallest absolute Gasteiger partial charge is 0.255 e. The molecule has 6 nitrogen and oxygen atoms in total. The Morgan fingerprint density at radius 3 is 2.69 bits per heavy atom. The molecule has 1 aromatic rings. The number of guanidine groups is 1. The molecule has 1 fully saturated rings. The Kier molecular flexibility index (Phi) is 6.96. The van der Waals surface area contributed by atoms with Gasteiger partial charge in [0, 0.05) is 19.6 Å². The fourth-order valence-corrected chi connectivity index (χ4v) is 4.51. The van der Waals surface area contributed by atoms with Crippen molar-refractivity contribution in [1.29, 1.82) is 0 Å². The predicted octanol–water partition coefficient (Wildman–Crippen LogP) is 3.02. The first-order valence-electron chi connectivity index (χ1n) is 10.3. The summed E-state index contributed by atoms with van der Waals surface area (Å²) in [6.45, 7) is 0.650. The minimum Gasteiger partial charge on any atom is -0.496 e. The van der Waals surface area contributed by atoms with Gasteiger partial charge in [0.05, 0.1) is 12.7 Å². The van der Waals surface area contributed by atoms with Crippen LogP contribution in [0.1, 0.15) is 42.5 Å². The Bertz CT molecular complexity index is 792. The quantitative estimate of drug-likeness (QED) is 0.509. The minimum absolute atomic E-state index is 0.0369. The molecule has 29 heavy (non-hydrogen) atoms. The molecule has 1 saturated carbocycles. The van der Waals surface area contributed by atoms with Crippen LogP contribution in [0.3, 0.4) is 0 Å². The van der Waals surface area contributed by atoms with Crippen LogP contribution < -0.4 is 21.1 Å². The number of benzene rings is 1. The van der Waals surface area contributed by atoms with Gasteiger partial charge in [-0.3, -0.25) is 9.79 Å². The number of allylic oxidation sites excluding steroid dienone is 4. The van der Waals surface area contributed by atoms with Crippen molar-refractivity contribution in [3.05, 3.63) is 54.1 Å². The third kappa shape index (κ3) is 5.00. The van der Waals surface area contributed by atoms with Gasteiger partial charge in [0.1, 0.15) is 5.75 Å². The van der Waals surface area contributed by atoms with E-state index in [2.05, 4.69) is 39.9 Å². The van der Waals surface area contributed by atoms with Crippen LogP contribution in [0, 0.1) is 11.3 Å². The molecule has 0 aliphatic heterocycles. The molecule has 1 amide bonds. The SMILES string of the molecule is CN=C(N)NC1CCC(CNC(=O)c2ccccc2OC)(C2C=CC=CC2)CC1. The molecule has 1 atom stereocenters. The molecule has 6 heteroatoms.